The zero-order chi connectivity index (χ0) is 59.2. The molecule has 0 radical (unpaired) electrons. The number of rotatable bonds is 72. The molecule has 0 aliphatic carbocycles. The number of hydrogen-bond acceptors (Lipinski definition) is 6. The summed E-state index contributed by atoms with van der Waals surface area (Å²) in [6.07, 6.45) is 86.0. The topological polar surface area (TPSA) is 78.9 Å². The summed E-state index contributed by atoms with van der Waals surface area (Å²) in [4.78, 5) is 38.4. The molecule has 6 nitrogen and oxygen atoms in total. The molecule has 0 aromatic rings. The van der Waals surface area contributed by atoms with Crippen LogP contribution in [0.3, 0.4) is 0 Å². The minimum atomic E-state index is -0.763. The fraction of sp³-hybridized carbons (Fsp3) is 0.961. The van der Waals surface area contributed by atoms with Crippen molar-refractivity contribution in [1.82, 2.24) is 0 Å². The number of ether oxygens (including phenoxy) is 3. The lowest BCUT2D eigenvalue weighted by Crippen LogP contribution is -2.30. The Hall–Kier alpha value is -1.59. The largest absolute Gasteiger partial charge is 0.462 e. The Bertz CT molecular complexity index is 1240. The summed E-state index contributed by atoms with van der Waals surface area (Å²) in [6, 6.07) is 0. The lowest BCUT2D eigenvalue weighted by molar-refractivity contribution is -0.167. The predicted molar refractivity (Wildman–Crippen MR) is 358 cm³/mol. The highest BCUT2D eigenvalue weighted by Crippen LogP contribution is 2.20. The van der Waals surface area contributed by atoms with Crippen LogP contribution in [0.15, 0.2) is 0 Å². The van der Waals surface area contributed by atoms with E-state index in [2.05, 4.69) is 20.8 Å². The molecule has 82 heavy (non-hydrogen) atoms. The number of esters is 3. The molecule has 0 amide bonds. The number of carbonyl (C=O) groups is 3. The van der Waals surface area contributed by atoms with Gasteiger partial charge in [0.15, 0.2) is 6.10 Å². The molecule has 0 bridgehead atoms. The Morgan fingerprint density at radius 2 is 0.329 bits per heavy atom. The molecule has 0 spiro atoms. The van der Waals surface area contributed by atoms with Crippen LogP contribution in [0.5, 0.6) is 0 Å². The molecule has 0 aromatic carbocycles. The van der Waals surface area contributed by atoms with Crippen LogP contribution in [-0.4, -0.2) is 37.2 Å². The van der Waals surface area contributed by atoms with E-state index in [1.807, 2.05) is 0 Å². The van der Waals surface area contributed by atoms with E-state index in [9.17, 15) is 14.4 Å². The summed E-state index contributed by atoms with van der Waals surface area (Å²) < 4.78 is 17.0. The van der Waals surface area contributed by atoms with Gasteiger partial charge in [0.2, 0.25) is 0 Å². The molecule has 0 aliphatic rings. The first-order chi connectivity index (χ1) is 40.5. The van der Waals surface area contributed by atoms with Gasteiger partial charge in [-0.05, 0) is 19.3 Å². The highest BCUT2D eigenvalue weighted by molar-refractivity contribution is 5.71. The summed E-state index contributed by atoms with van der Waals surface area (Å²) in [5, 5.41) is 0. The van der Waals surface area contributed by atoms with Gasteiger partial charge >= 0.3 is 17.9 Å². The van der Waals surface area contributed by atoms with E-state index in [4.69, 9.17) is 14.2 Å². The SMILES string of the molecule is CCCCCCCCCCCCCCCCCCCCCCCCCCCCCCCCC(=O)OCC(COC(=O)CCCCCCCCCCCCC)OC(=O)CCCCCCCCCCCCCCCCCCCCCCCCC. The Kier molecular flexibility index (Phi) is 70.5. The van der Waals surface area contributed by atoms with Gasteiger partial charge in [-0.2, -0.15) is 0 Å². The van der Waals surface area contributed by atoms with E-state index in [1.165, 1.54) is 353 Å². The van der Waals surface area contributed by atoms with Crippen LogP contribution in [-0.2, 0) is 28.6 Å². The second kappa shape index (κ2) is 71.9. The van der Waals surface area contributed by atoms with Gasteiger partial charge in [0, 0.05) is 19.3 Å². The monoisotopic (exact) mass is 1160 g/mol. The van der Waals surface area contributed by atoms with Gasteiger partial charge in [0.25, 0.3) is 0 Å². The van der Waals surface area contributed by atoms with Crippen LogP contribution in [0.4, 0.5) is 0 Å². The predicted octanol–water partition coefficient (Wildman–Crippen LogP) is 26.2. The molecule has 0 heterocycles. The van der Waals surface area contributed by atoms with Crippen LogP contribution >= 0.6 is 0 Å². The Morgan fingerprint density at radius 3 is 0.488 bits per heavy atom. The maximum absolute atomic E-state index is 13.0. The lowest BCUT2D eigenvalue weighted by atomic mass is 10.0. The second-order valence-electron chi connectivity index (χ2n) is 26.3. The fourth-order valence-corrected chi connectivity index (χ4v) is 12.2. The van der Waals surface area contributed by atoms with Gasteiger partial charge in [0.05, 0.1) is 0 Å². The first-order valence-electron chi connectivity index (χ1n) is 38.0. The standard InChI is InChI=1S/C76H148O6/c1-4-7-10-13-16-19-22-24-26-28-30-32-34-35-36-37-38-39-40-42-43-45-47-49-51-54-57-60-63-66-69-75(78)81-72-73(71-80-74(77)68-65-62-59-56-53-21-18-15-12-9-6-3)82-76(79)70-67-64-61-58-55-52-50-48-46-44-41-33-31-29-27-25-23-20-17-14-11-8-5-2/h73H,4-72H2,1-3H3. The summed E-state index contributed by atoms with van der Waals surface area (Å²) in [5.41, 5.74) is 0. The van der Waals surface area contributed by atoms with Gasteiger partial charge < -0.3 is 14.2 Å². The fourth-order valence-electron chi connectivity index (χ4n) is 12.2. The molecular formula is C76H148O6. The molecule has 0 aromatic heterocycles. The zero-order valence-corrected chi connectivity index (χ0v) is 56.3. The minimum absolute atomic E-state index is 0.0602. The molecule has 0 saturated heterocycles. The van der Waals surface area contributed by atoms with Crippen LogP contribution in [0.1, 0.15) is 451 Å². The van der Waals surface area contributed by atoms with Crippen LogP contribution < -0.4 is 0 Å². The Labute approximate surface area is 514 Å². The quantitative estimate of drug-likeness (QED) is 0.0343. The van der Waals surface area contributed by atoms with Crippen LogP contribution in [0.25, 0.3) is 0 Å². The molecule has 0 rings (SSSR count). The first kappa shape index (κ1) is 80.4. The summed E-state index contributed by atoms with van der Waals surface area (Å²) in [5.74, 6) is -0.820. The van der Waals surface area contributed by atoms with Crippen molar-refractivity contribution in [1.29, 1.82) is 0 Å². The molecule has 1 unspecified atom stereocenters. The van der Waals surface area contributed by atoms with Gasteiger partial charge in [0.1, 0.15) is 13.2 Å². The normalized spacial score (nSPS) is 11.9. The third-order valence-electron chi connectivity index (χ3n) is 17.9. The average Bonchev–Trinajstić information content (AvgIpc) is 3.48. The van der Waals surface area contributed by atoms with Crippen molar-refractivity contribution in [3.05, 3.63) is 0 Å². The number of unbranched alkanes of at least 4 members (excludes halogenated alkanes) is 61. The summed E-state index contributed by atoms with van der Waals surface area (Å²) in [6.45, 7) is 6.74. The maximum atomic E-state index is 13.0. The van der Waals surface area contributed by atoms with Crippen LogP contribution in [0, 0.1) is 0 Å². The van der Waals surface area contributed by atoms with Crippen molar-refractivity contribution in [3.63, 3.8) is 0 Å². The van der Waals surface area contributed by atoms with Crippen molar-refractivity contribution >= 4 is 17.9 Å². The van der Waals surface area contributed by atoms with Crippen molar-refractivity contribution in [3.8, 4) is 0 Å². The summed E-state index contributed by atoms with van der Waals surface area (Å²) >= 11 is 0. The molecule has 488 valence electrons. The van der Waals surface area contributed by atoms with E-state index in [1.54, 1.807) is 0 Å². The molecule has 0 fully saturated rings. The van der Waals surface area contributed by atoms with Crippen molar-refractivity contribution in [2.45, 2.75) is 457 Å². The van der Waals surface area contributed by atoms with Gasteiger partial charge in [-0.1, -0.05) is 412 Å². The molecule has 6 heteroatoms. The van der Waals surface area contributed by atoms with Crippen molar-refractivity contribution in [2.75, 3.05) is 13.2 Å². The van der Waals surface area contributed by atoms with Crippen molar-refractivity contribution < 1.29 is 28.6 Å². The number of carbonyl (C=O) groups excluding carboxylic acids is 3. The molecule has 1 atom stereocenters. The van der Waals surface area contributed by atoms with E-state index < -0.39 is 6.10 Å². The Morgan fingerprint density at radius 1 is 0.195 bits per heavy atom. The van der Waals surface area contributed by atoms with Gasteiger partial charge in [-0.3, -0.25) is 14.4 Å². The zero-order valence-electron chi connectivity index (χ0n) is 56.3. The lowest BCUT2D eigenvalue weighted by Gasteiger charge is -2.18. The van der Waals surface area contributed by atoms with Gasteiger partial charge in [-0.15, -0.1) is 0 Å². The molecule has 0 saturated carbocycles. The summed E-state index contributed by atoms with van der Waals surface area (Å²) in [7, 11) is 0. The maximum Gasteiger partial charge on any atom is 0.306 e. The molecule has 0 aliphatic heterocycles. The van der Waals surface area contributed by atoms with Gasteiger partial charge in [-0.25, -0.2) is 0 Å². The van der Waals surface area contributed by atoms with E-state index >= 15 is 0 Å². The number of hydrogen-bond donors (Lipinski definition) is 0. The van der Waals surface area contributed by atoms with E-state index in [0.717, 1.165) is 57.8 Å². The highest BCUT2D eigenvalue weighted by atomic mass is 16.6. The van der Waals surface area contributed by atoms with Crippen molar-refractivity contribution in [2.24, 2.45) is 0 Å². The Balaban J connectivity index is 4.08. The minimum Gasteiger partial charge on any atom is -0.462 e. The van der Waals surface area contributed by atoms with E-state index in [0.29, 0.717) is 19.3 Å². The first-order valence-corrected chi connectivity index (χ1v) is 38.0. The smallest absolute Gasteiger partial charge is 0.306 e. The molecular weight excluding hydrogens is 1010 g/mol. The average molecular weight is 1160 g/mol. The third-order valence-corrected chi connectivity index (χ3v) is 17.9. The molecule has 0 N–H and O–H groups in total. The van der Waals surface area contributed by atoms with E-state index in [-0.39, 0.29) is 31.1 Å². The second-order valence-corrected chi connectivity index (χ2v) is 26.3. The highest BCUT2D eigenvalue weighted by Gasteiger charge is 2.20. The van der Waals surface area contributed by atoms with Crippen LogP contribution in [0.2, 0.25) is 0 Å². The third kappa shape index (κ3) is 69.2.